The van der Waals surface area contributed by atoms with E-state index in [1.54, 1.807) is 4.68 Å². The van der Waals surface area contributed by atoms with Gasteiger partial charge in [0.15, 0.2) is 5.66 Å². The third-order valence-electron chi connectivity index (χ3n) is 5.65. The average molecular weight is 400 g/mol. The molecule has 156 valence electrons. The van der Waals surface area contributed by atoms with E-state index in [1.165, 1.54) is 0 Å². The maximum absolute atomic E-state index is 12.5. The fraction of sp³-hybridized carbons (Fsp3) is 0.700. The van der Waals surface area contributed by atoms with Gasteiger partial charge in [0.1, 0.15) is 0 Å². The van der Waals surface area contributed by atoms with Gasteiger partial charge >= 0.3 is 5.97 Å². The molecule has 3 rings (SSSR count). The predicted molar refractivity (Wildman–Crippen MR) is 105 cm³/mol. The lowest BCUT2D eigenvalue weighted by molar-refractivity contribution is -0.141. The molecule has 3 atom stereocenters. The van der Waals surface area contributed by atoms with Gasteiger partial charge in [0, 0.05) is 37.3 Å². The van der Waals surface area contributed by atoms with Gasteiger partial charge in [0.25, 0.3) is 0 Å². The van der Waals surface area contributed by atoms with Crippen molar-refractivity contribution in [1.29, 1.82) is 0 Å². The number of amides is 1. The van der Waals surface area contributed by atoms with E-state index in [4.69, 9.17) is 6.42 Å². The SMILES string of the molecule is C#CCCC1(CCC(=O)N[C@@H]2CC(C(=O)O)C[C@@H]2n2cc(C(C)(C)C)nn2)N=N1. The lowest BCUT2D eigenvalue weighted by atomic mass is 9.93. The fourth-order valence-corrected chi connectivity index (χ4v) is 3.71. The van der Waals surface area contributed by atoms with Crippen LogP contribution in [0.5, 0.6) is 0 Å². The third kappa shape index (κ3) is 5.00. The summed E-state index contributed by atoms with van der Waals surface area (Å²) >= 11 is 0. The largest absolute Gasteiger partial charge is 0.481 e. The first-order valence-corrected chi connectivity index (χ1v) is 9.95. The number of carboxylic acids is 1. The summed E-state index contributed by atoms with van der Waals surface area (Å²) in [5.41, 5.74) is 0.163. The molecule has 1 aliphatic carbocycles. The quantitative estimate of drug-likeness (QED) is 0.649. The van der Waals surface area contributed by atoms with E-state index < -0.39 is 17.6 Å². The van der Waals surface area contributed by atoms with Crippen LogP contribution in [0, 0.1) is 18.3 Å². The number of hydrogen-bond donors (Lipinski definition) is 2. The number of terminal acetylenes is 1. The molecule has 1 unspecified atom stereocenters. The molecule has 0 spiro atoms. The summed E-state index contributed by atoms with van der Waals surface area (Å²) in [7, 11) is 0. The number of nitrogens with one attached hydrogen (secondary N) is 1. The molecule has 1 aromatic rings. The molecule has 9 nitrogen and oxygen atoms in total. The molecule has 1 aromatic heterocycles. The molecule has 2 N–H and O–H groups in total. The van der Waals surface area contributed by atoms with Crippen LogP contribution in [-0.2, 0) is 15.0 Å². The molecule has 1 amide bonds. The number of carbonyl (C=O) groups excluding carboxylic acids is 1. The van der Waals surface area contributed by atoms with Crippen molar-refractivity contribution in [2.75, 3.05) is 0 Å². The first-order valence-electron chi connectivity index (χ1n) is 9.95. The molecule has 0 radical (unpaired) electrons. The molecule has 0 saturated heterocycles. The Balaban J connectivity index is 1.64. The van der Waals surface area contributed by atoms with Crippen LogP contribution in [0.1, 0.15) is 71.0 Å². The molecule has 2 heterocycles. The Labute approximate surface area is 170 Å². The summed E-state index contributed by atoms with van der Waals surface area (Å²) in [6.07, 6.45) is 9.92. The second-order valence-electron chi connectivity index (χ2n) is 8.97. The topological polar surface area (TPSA) is 122 Å². The van der Waals surface area contributed by atoms with Crippen molar-refractivity contribution in [3.8, 4) is 12.3 Å². The second kappa shape index (κ2) is 7.93. The van der Waals surface area contributed by atoms with E-state index in [1.807, 2.05) is 27.0 Å². The van der Waals surface area contributed by atoms with E-state index in [9.17, 15) is 14.7 Å². The molecular formula is C20H28N6O3. The van der Waals surface area contributed by atoms with E-state index in [0.717, 1.165) is 5.69 Å². The summed E-state index contributed by atoms with van der Waals surface area (Å²) < 4.78 is 1.70. The average Bonchev–Trinajstić information content (AvgIpc) is 3.05. The van der Waals surface area contributed by atoms with Crippen molar-refractivity contribution in [1.82, 2.24) is 20.3 Å². The smallest absolute Gasteiger partial charge is 0.306 e. The van der Waals surface area contributed by atoms with E-state index in [-0.39, 0.29) is 29.8 Å². The normalized spacial score (nSPS) is 24.8. The molecule has 1 fully saturated rings. The van der Waals surface area contributed by atoms with Gasteiger partial charge in [-0.05, 0) is 12.8 Å². The highest BCUT2D eigenvalue weighted by Crippen LogP contribution is 2.38. The Morgan fingerprint density at radius 3 is 2.62 bits per heavy atom. The minimum Gasteiger partial charge on any atom is -0.481 e. The number of aromatic nitrogens is 3. The molecule has 29 heavy (non-hydrogen) atoms. The van der Waals surface area contributed by atoms with Crippen LogP contribution in [-0.4, -0.2) is 43.7 Å². The minimum atomic E-state index is -0.855. The van der Waals surface area contributed by atoms with Crippen LogP contribution >= 0.6 is 0 Å². The minimum absolute atomic E-state index is 0.139. The number of rotatable bonds is 8. The number of aliphatic carboxylic acids is 1. The van der Waals surface area contributed by atoms with Gasteiger partial charge in [-0.25, -0.2) is 4.68 Å². The summed E-state index contributed by atoms with van der Waals surface area (Å²) in [5, 5.41) is 29.0. The Bertz CT molecular complexity index is 841. The van der Waals surface area contributed by atoms with Crippen LogP contribution in [0.3, 0.4) is 0 Å². The van der Waals surface area contributed by atoms with Gasteiger partial charge in [0.2, 0.25) is 5.91 Å². The van der Waals surface area contributed by atoms with E-state index >= 15 is 0 Å². The highest BCUT2D eigenvalue weighted by atomic mass is 16.4. The maximum atomic E-state index is 12.5. The molecule has 1 saturated carbocycles. The monoisotopic (exact) mass is 400 g/mol. The Hall–Kier alpha value is -2.76. The maximum Gasteiger partial charge on any atom is 0.306 e. The van der Waals surface area contributed by atoms with E-state index in [0.29, 0.717) is 32.1 Å². The van der Waals surface area contributed by atoms with Crippen LogP contribution in [0.4, 0.5) is 0 Å². The zero-order valence-electron chi connectivity index (χ0n) is 17.1. The highest BCUT2D eigenvalue weighted by molar-refractivity contribution is 5.77. The summed E-state index contributed by atoms with van der Waals surface area (Å²) in [6.45, 7) is 6.12. The van der Waals surface area contributed by atoms with Gasteiger partial charge in [0.05, 0.1) is 23.7 Å². The van der Waals surface area contributed by atoms with Gasteiger partial charge in [-0.2, -0.15) is 10.2 Å². The molecule has 1 aliphatic heterocycles. The van der Waals surface area contributed by atoms with Gasteiger partial charge in [-0.3, -0.25) is 9.59 Å². The lowest BCUT2D eigenvalue weighted by Crippen LogP contribution is -2.39. The van der Waals surface area contributed by atoms with Crippen molar-refractivity contribution < 1.29 is 14.7 Å². The third-order valence-corrected chi connectivity index (χ3v) is 5.65. The van der Waals surface area contributed by atoms with E-state index in [2.05, 4.69) is 31.8 Å². The summed E-state index contributed by atoms with van der Waals surface area (Å²) in [4.78, 5) is 24.1. The molecule has 2 aliphatic rings. The van der Waals surface area contributed by atoms with Crippen molar-refractivity contribution in [2.45, 2.75) is 82.5 Å². The highest BCUT2D eigenvalue weighted by Gasteiger charge is 2.42. The Morgan fingerprint density at radius 1 is 1.34 bits per heavy atom. The summed E-state index contributed by atoms with van der Waals surface area (Å²) in [6, 6.07) is -0.554. The van der Waals surface area contributed by atoms with Crippen LogP contribution < -0.4 is 5.32 Å². The number of carboxylic acid groups (broad SMARTS) is 1. The first kappa shape index (κ1) is 21.0. The van der Waals surface area contributed by atoms with Crippen LogP contribution in [0.25, 0.3) is 0 Å². The standard InChI is InChI=1S/C20H28N6O3/c1-5-6-8-20(23-24-20)9-7-17(27)21-14-10-13(18(28)29)11-15(14)26-12-16(22-25-26)19(2,3)4/h1,12-15H,6-11H2,2-4H3,(H,21,27)(H,28,29)/t13?,14-,15+/m1/s1. The zero-order valence-corrected chi connectivity index (χ0v) is 17.1. The predicted octanol–water partition coefficient (Wildman–Crippen LogP) is 2.45. The zero-order chi connectivity index (χ0) is 21.2. The fourth-order valence-electron chi connectivity index (χ4n) is 3.71. The number of carbonyl (C=O) groups is 2. The van der Waals surface area contributed by atoms with Crippen LogP contribution in [0.2, 0.25) is 0 Å². The number of nitrogens with zero attached hydrogens (tertiary/aromatic N) is 5. The Morgan fingerprint density at radius 2 is 2.07 bits per heavy atom. The van der Waals surface area contributed by atoms with Gasteiger partial charge < -0.3 is 10.4 Å². The van der Waals surface area contributed by atoms with Crippen LogP contribution in [0.15, 0.2) is 16.4 Å². The van der Waals surface area contributed by atoms with Gasteiger partial charge in [-0.15, -0.1) is 17.4 Å². The molecule has 0 aromatic carbocycles. The van der Waals surface area contributed by atoms with Crippen molar-refractivity contribution in [3.05, 3.63) is 11.9 Å². The molecule has 0 bridgehead atoms. The first-order chi connectivity index (χ1) is 13.6. The number of hydrogen-bond acceptors (Lipinski definition) is 6. The van der Waals surface area contributed by atoms with Crippen molar-refractivity contribution >= 4 is 11.9 Å². The molecule has 9 heteroatoms. The van der Waals surface area contributed by atoms with Crippen molar-refractivity contribution in [2.24, 2.45) is 16.1 Å². The lowest BCUT2D eigenvalue weighted by Gasteiger charge is -2.21. The second-order valence-corrected chi connectivity index (χ2v) is 8.97. The van der Waals surface area contributed by atoms with Crippen molar-refractivity contribution in [3.63, 3.8) is 0 Å². The molecular weight excluding hydrogens is 372 g/mol. The van der Waals surface area contributed by atoms with Gasteiger partial charge in [-0.1, -0.05) is 26.0 Å². The Kier molecular flexibility index (Phi) is 5.73. The summed E-state index contributed by atoms with van der Waals surface area (Å²) in [5.74, 6) is 1.05.